The number of amides is 2. The number of para-hydroxylation sites is 1. The maximum Gasteiger partial charge on any atom is 0.224 e. The van der Waals surface area contributed by atoms with Gasteiger partial charge in [-0.15, -0.1) is 0 Å². The van der Waals surface area contributed by atoms with Crippen LogP contribution in [0.15, 0.2) is 42.5 Å². The second-order valence-corrected chi connectivity index (χ2v) is 8.40. The molecule has 0 spiro atoms. The number of nitriles is 1. The first-order chi connectivity index (χ1) is 15.6. The molecule has 8 nitrogen and oxygen atoms in total. The summed E-state index contributed by atoms with van der Waals surface area (Å²) < 4.78 is 1.57. The highest BCUT2D eigenvalue weighted by atomic mass is 16.2. The Balaban J connectivity index is 1.33. The molecule has 1 fully saturated rings. The van der Waals surface area contributed by atoms with Crippen LogP contribution in [0.3, 0.4) is 0 Å². The van der Waals surface area contributed by atoms with Crippen LogP contribution < -0.4 is 16.4 Å². The van der Waals surface area contributed by atoms with Crippen molar-refractivity contribution in [2.24, 2.45) is 11.8 Å². The number of aryl methyl sites for hydroxylation is 1. The quantitative estimate of drug-likeness (QED) is 0.436. The van der Waals surface area contributed by atoms with Crippen molar-refractivity contribution in [2.75, 3.05) is 12.3 Å². The average Bonchev–Trinajstić information content (AvgIpc) is 3.58. The highest BCUT2D eigenvalue weighted by molar-refractivity contribution is 5.88. The van der Waals surface area contributed by atoms with Crippen LogP contribution in [0.25, 0.3) is 5.69 Å². The molecule has 1 aromatic carbocycles. The standard InChI is InChI=1S/C24H28N6O2/c25-15-20-21(29-30(22(20)26)17-7-2-1-3-8-17)11-6-14-27-23(31)18-9-4-5-10-19(18)24(32)28-16-12-13-16/h1-5,7-8,16,18-19H,6,9-14,26H2,(H,27,31)(H,28,32)/t18-,19+/m0/s1. The van der Waals surface area contributed by atoms with Gasteiger partial charge in [-0.3, -0.25) is 9.59 Å². The maximum absolute atomic E-state index is 12.8. The van der Waals surface area contributed by atoms with Gasteiger partial charge in [0.25, 0.3) is 0 Å². The molecule has 8 heteroatoms. The normalized spacial score (nSPS) is 19.8. The number of nitrogens with two attached hydrogens (primary N) is 1. The van der Waals surface area contributed by atoms with Crippen molar-refractivity contribution in [3.8, 4) is 11.8 Å². The number of anilines is 1. The molecule has 0 bridgehead atoms. The van der Waals surface area contributed by atoms with Crippen LogP contribution in [0, 0.1) is 23.2 Å². The van der Waals surface area contributed by atoms with Crippen molar-refractivity contribution in [2.45, 2.75) is 44.6 Å². The summed E-state index contributed by atoms with van der Waals surface area (Å²) >= 11 is 0. The molecule has 0 saturated heterocycles. The van der Waals surface area contributed by atoms with Gasteiger partial charge in [0.05, 0.1) is 23.2 Å². The molecule has 0 radical (unpaired) electrons. The number of aromatic nitrogens is 2. The summed E-state index contributed by atoms with van der Waals surface area (Å²) in [6, 6.07) is 11.9. The Bertz CT molecular complexity index is 1050. The Morgan fingerprint density at radius 1 is 1.12 bits per heavy atom. The first-order valence-corrected chi connectivity index (χ1v) is 11.1. The summed E-state index contributed by atoms with van der Waals surface area (Å²) in [5.74, 6) is -0.456. The fourth-order valence-electron chi connectivity index (χ4n) is 4.07. The van der Waals surface area contributed by atoms with E-state index in [0.29, 0.717) is 49.3 Å². The van der Waals surface area contributed by atoms with E-state index in [0.717, 1.165) is 18.5 Å². The Morgan fingerprint density at radius 3 is 2.47 bits per heavy atom. The van der Waals surface area contributed by atoms with Crippen LogP contribution >= 0.6 is 0 Å². The zero-order valence-electron chi connectivity index (χ0n) is 18.0. The number of nitrogens with zero attached hydrogens (tertiary/aromatic N) is 3. The Labute approximate surface area is 187 Å². The molecule has 2 aliphatic rings. The molecule has 0 unspecified atom stereocenters. The molecule has 2 atom stereocenters. The van der Waals surface area contributed by atoms with Gasteiger partial charge in [-0.1, -0.05) is 30.4 Å². The molecule has 1 aromatic heterocycles. The van der Waals surface area contributed by atoms with E-state index >= 15 is 0 Å². The predicted octanol–water partition coefficient (Wildman–Crippen LogP) is 2.24. The van der Waals surface area contributed by atoms with Crippen molar-refractivity contribution in [1.82, 2.24) is 20.4 Å². The van der Waals surface area contributed by atoms with Crippen LogP contribution in [-0.2, 0) is 16.0 Å². The predicted molar refractivity (Wildman–Crippen MR) is 121 cm³/mol. The summed E-state index contributed by atoms with van der Waals surface area (Å²) in [7, 11) is 0. The van der Waals surface area contributed by atoms with Gasteiger partial charge >= 0.3 is 0 Å². The van der Waals surface area contributed by atoms with Crippen molar-refractivity contribution in [3.63, 3.8) is 0 Å². The summed E-state index contributed by atoms with van der Waals surface area (Å²) in [6.07, 6.45) is 8.32. The number of nitrogen functional groups attached to an aromatic ring is 1. The Morgan fingerprint density at radius 2 is 1.81 bits per heavy atom. The average molecular weight is 433 g/mol. The van der Waals surface area contributed by atoms with Gasteiger partial charge in [-0.2, -0.15) is 10.4 Å². The highest BCUT2D eigenvalue weighted by Crippen LogP contribution is 2.28. The fraction of sp³-hybridized carbons (Fsp3) is 0.417. The third-order valence-corrected chi connectivity index (χ3v) is 6.03. The van der Waals surface area contributed by atoms with Crippen molar-refractivity contribution < 1.29 is 9.59 Å². The van der Waals surface area contributed by atoms with E-state index in [2.05, 4.69) is 21.8 Å². The van der Waals surface area contributed by atoms with Crippen molar-refractivity contribution >= 4 is 17.6 Å². The number of benzene rings is 1. The lowest BCUT2D eigenvalue weighted by Crippen LogP contribution is -2.43. The van der Waals surface area contributed by atoms with E-state index in [-0.39, 0.29) is 29.7 Å². The van der Waals surface area contributed by atoms with Gasteiger partial charge in [0, 0.05) is 12.6 Å². The molecular formula is C24H28N6O2. The van der Waals surface area contributed by atoms with Gasteiger partial charge in [-0.05, 0) is 50.7 Å². The number of hydrogen-bond donors (Lipinski definition) is 3. The van der Waals surface area contributed by atoms with Crippen LogP contribution in [0.1, 0.15) is 43.4 Å². The van der Waals surface area contributed by atoms with Crippen molar-refractivity contribution in [3.05, 3.63) is 53.7 Å². The molecule has 1 heterocycles. The molecular weight excluding hydrogens is 404 g/mol. The van der Waals surface area contributed by atoms with Gasteiger partial charge in [0.1, 0.15) is 17.5 Å². The Hall–Kier alpha value is -3.60. The maximum atomic E-state index is 12.8. The van der Waals surface area contributed by atoms with E-state index < -0.39 is 0 Å². The summed E-state index contributed by atoms with van der Waals surface area (Å²) in [6.45, 7) is 0.443. The summed E-state index contributed by atoms with van der Waals surface area (Å²) in [4.78, 5) is 25.3. The third kappa shape index (κ3) is 4.83. The zero-order valence-corrected chi connectivity index (χ0v) is 18.0. The number of rotatable bonds is 8. The lowest BCUT2D eigenvalue weighted by Gasteiger charge is -2.26. The van der Waals surface area contributed by atoms with Gasteiger partial charge in [0.15, 0.2) is 0 Å². The van der Waals surface area contributed by atoms with Gasteiger partial charge in [-0.25, -0.2) is 4.68 Å². The van der Waals surface area contributed by atoms with E-state index in [9.17, 15) is 14.9 Å². The summed E-state index contributed by atoms with van der Waals surface area (Å²) in [5, 5.41) is 20.0. The molecule has 2 aromatic rings. The van der Waals surface area contributed by atoms with Crippen LogP contribution in [0.2, 0.25) is 0 Å². The molecule has 4 rings (SSSR count). The van der Waals surface area contributed by atoms with E-state index in [1.54, 1.807) is 4.68 Å². The molecule has 32 heavy (non-hydrogen) atoms. The molecule has 1 saturated carbocycles. The number of carbonyl (C=O) groups is 2. The van der Waals surface area contributed by atoms with E-state index in [4.69, 9.17) is 5.73 Å². The van der Waals surface area contributed by atoms with E-state index in [1.807, 2.05) is 42.5 Å². The lowest BCUT2D eigenvalue weighted by molar-refractivity contribution is -0.135. The molecule has 2 amide bonds. The smallest absolute Gasteiger partial charge is 0.224 e. The number of carbonyl (C=O) groups excluding carboxylic acids is 2. The second-order valence-electron chi connectivity index (χ2n) is 8.40. The third-order valence-electron chi connectivity index (χ3n) is 6.03. The molecule has 166 valence electrons. The molecule has 0 aliphatic heterocycles. The number of allylic oxidation sites excluding steroid dienone is 2. The largest absolute Gasteiger partial charge is 0.382 e. The fourth-order valence-corrected chi connectivity index (χ4v) is 4.07. The van der Waals surface area contributed by atoms with Crippen molar-refractivity contribution in [1.29, 1.82) is 5.26 Å². The van der Waals surface area contributed by atoms with Gasteiger partial charge in [0.2, 0.25) is 11.8 Å². The van der Waals surface area contributed by atoms with Gasteiger partial charge < -0.3 is 16.4 Å². The highest BCUT2D eigenvalue weighted by Gasteiger charge is 2.36. The second kappa shape index (κ2) is 9.69. The molecule has 2 aliphatic carbocycles. The minimum atomic E-state index is -0.346. The molecule has 4 N–H and O–H groups in total. The number of nitrogens with one attached hydrogen (secondary N) is 2. The summed E-state index contributed by atoms with van der Waals surface area (Å²) in [5.41, 5.74) is 7.92. The SMILES string of the molecule is N#Cc1c(CCCNC(=O)[C@H]2CC=CC[C@H]2C(=O)NC2CC2)nn(-c2ccccc2)c1N. The van der Waals surface area contributed by atoms with Crippen LogP contribution in [0.4, 0.5) is 5.82 Å². The number of hydrogen-bond acceptors (Lipinski definition) is 5. The zero-order chi connectivity index (χ0) is 22.5. The lowest BCUT2D eigenvalue weighted by atomic mass is 9.81. The first kappa shape index (κ1) is 21.6. The minimum Gasteiger partial charge on any atom is -0.382 e. The van der Waals surface area contributed by atoms with E-state index in [1.165, 1.54) is 0 Å². The minimum absolute atomic E-state index is 0.0161. The topological polar surface area (TPSA) is 126 Å². The monoisotopic (exact) mass is 432 g/mol. The van der Waals surface area contributed by atoms with Crippen LogP contribution in [0.5, 0.6) is 0 Å². The van der Waals surface area contributed by atoms with Crippen LogP contribution in [-0.4, -0.2) is 34.2 Å². The Kier molecular flexibility index (Phi) is 6.55. The first-order valence-electron chi connectivity index (χ1n) is 11.1.